The van der Waals surface area contributed by atoms with Crippen LogP contribution in [0.25, 0.3) is 0 Å². The van der Waals surface area contributed by atoms with Gasteiger partial charge >= 0.3 is 6.03 Å². The lowest BCUT2D eigenvalue weighted by Crippen LogP contribution is -2.43. The number of rotatable bonds is 6. The number of nitrogens with zero attached hydrogens (tertiary/aromatic N) is 1. The minimum Gasteiger partial charge on any atom is -0.354 e. The molecule has 2 N–H and O–H groups in total. The van der Waals surface area contributed by atoms with Gasteiger partial charge in [-0.05, 0) is 47.6 Å². The smallest absolute Gasteiger partial charge is 0.325 e. The van der Waals surface area contributed by atoms with Gasteiger partial charge in [0.15, 0.2) is 0 Å². The highest BCUT2D eigenvalue weighted by molar-refractivity contribution is 6.30. The van der Waals surface area contributed by atoms with Crippen molar-refractivity contribution in [3.8, 4) is 0 Å². The standard InChI is InChI=1S/C24H28ClN3O3/c1-23(2,3)17-7-9-18(10-8-17)24(4)21(30)28(22(31)27-24)15-20(29)26-14-13-16-5-11-19(25)12-6-16/h5-12H,13-15H2,1-4H3,(H,26,29)(H,27,31)/t24-/m1/s1. The van der Waals surface area contributed by atoms with Crippen molar-refractivity contribution >= 4 is 29.4 Å². The number of hydrogen-bond donors (Lipinski definition) is 2. The Kier molecular flexibility index (Phi) is 6.41. The Morgan fingerprint density at radius 3 is 2.26 bits per heavy atom. The summed E-state index contributed by atoms with van der Waals surface area (Å²) in [4.78, 5) is 38.8. The summed E-state index contributed by atoms with van der Waals surface area (Å²) in [6.45, 7) is 8.08. The third-order valence-corrected chi connectivity index (χ3v) is 5.81. The van der Waals surface area contributed by atoms with Gasteiger partial charge < -0.3 is 10.6 Å². The quantitative estimate of drug-likeness (QED) is 0.670. The third kappa shape index (κ3) is 5.07. The molecule has 7 heteroatoms. The minimum absolute atomic E-state index is 0.0154. The van der Waals surface area contributed by atoms with Gasteiger partial charge in [-0.25, -0.2) is 4.79 Å². The molecule has 0 spiro atoms. The fourth-order valence-corrected chi connectivity index (χ4v) is 3.66. The zero-order valence-corrected chi connectivity index (χ0v) is 19.0. The van der Waals surface area contributed by atoms with E-state index in [0.29, 0.717) is 23.6 Å². The highest BCUT2D eigenvalue weighted by Crippen LogP contribution is 2.31. The Bertz CT molecular complexity index is 981. The Balaban J connectivity index is 1.61. The van der Waals surface area contributed by atoms with E-state index in [1.54, 1.807) is 19.1 Å². The predicted molar refractivity (Wildman–Crippen MR) is 121 cm³/mol. The Hall–Kier alpha value is -2.86. The van der Waals surface area contributed by atoms with E-state index in [1.165, 1.54) is 0 Å². The molecule has 0 radical (unpaired) electrons. The Morgan fingerprint density at radius 2 is 1.68 bits per heavy atom. The van der Waals surface area contributed by atoms with E-state index in [1.807, 2.05) is 36.4 Å². The molecule has 0 saturated carbocycles. The number of amides is 4. The maximum atomic E-state index is 13.0. The first-order valence-electron chi connectivity index (χ1n) is 10.3. The molecule has 4 amide bonds. The monoisotopic (exact) mass is 441 g/mol. The summed E-state index contributed by atoms with van der Waals surface area (Å²) in [6.07, 6.45) is 0.626. The summed E-state index contributed by atoms with van der Waals surface area (Å²) in [5, 5.41) is 6.16. The van der Waals surface area contributed by atoms with Crippen molar-refractivity contribution in [2.45, 2.75) is 45.1 Å². The number of carbonyl (C=O) groups is 3. The van der Waals surface area contributed by atoms with Crippen LogP contribution >= 0.6 is 11.6 Å². The van der Waals surface area contributed by atoms with Gasteiger partial charge in [-0.15, -0.1) is 0 Å². The molecule has 0 unspecified atom stereocenters. The molecule has 164 valence electrons. The maximum absolute atomic E-state index is 13.0. The molecule has 3 rings (SSSR count). The van der Waals surface area contributed by atoms with Gasteiger partial charge in [-0.3, -0.25) is 14.5 Å². The van der Waals surface area contributed by atoms with Crippen LogP contribution in [0.3, 0.4) is 0 Å². The summed E-state index contributed by atoms with van der Waals surface area (Å²) in [5.41, 5.74) is 1.64. The van der Waals surface area contributed by atoms with Crippen LogP contribution in [0.15, 0.2) is 48.5 Å². The fraction of sp³-hybridized carbons (Fsp3) is 0.375. The fourth-order valence-electron chi connectivity index (χ4n) is 3.54. The zero-order chi connectivity index (χ0) is 22.8. The molecule has 0 bridgehead atoms. The van der Waals surface area contributed by atoms with Crippen LogP contribution in [-0.2, 0) is 27.0 Å². The molecule has 1 aliphatic rings. The minimum atomic E-state index is -1.20. The topological polar surface area (TPSA) is 78.5 Å². The van der Waals surface area contributed by atoms with Crippen molar-refractivity contribution < 1.29 is 14.4 Å². The van der Waals surface area contributed by atoms with Crippen LogP contribution in [0.4, 0.5) is 4.79 Å². The summed E-state index contributed by atoms with van der Waals surface area (Å²) < 4.78 is 0. The third-order valence-electron chi connectivity index (χ3n) is 5.55. The number of halogens is 1. The first kappa shape index (κ1) is 22.8. The van der Waals surface area contributed by atoms with Crippen LogP contribution < -0.4 is 10.6 Å². The second kappa shape index (κ2) is 8.71. The van der Waals surface area contributed by atoms with Crippen molar-refractivity contribution in [3.63, 3.8) is 0 Å². The lowest BCUT2D eigenvalue weighted by atomic mass is 9.84. The van der Waals surface area contributed by atoms with Crippen LogP contribution in [0, 0.1) is 0 Å². The normalized spacial score (nSPS) is 18.8. The van der Waals surface area contributed by atoms with Gasteiger partial charge in [-0.2, -0.15) is 0 Å². The molecular weight excluding hydrogens is 414 g/mol. The van der Waals surface area contributed by atoms with Gasteiger partial charge in [0.2, 0.25) is 5.91 Å². The summed E-state index contributed by atoms with van der Waals surface area (Å²) in [6, 6.07) is 14.4. The van der Waals surface area contributed by atoms with E-state index in [-0.39, 0.29) is 17.9 Å². The molecular formula is C24H28ClN3O3. The highest BCUT2D eigenvalue weighted by atomic mass is 35.5. The molecule has 1 saturated heterocycles. The molecule has 1 fully saturated rings. The average Bonchev–Trinajstić information content (AvgIpc) is 2.93. The van der Waals surface area contributed by atoms with Crippen molar-refractivity contribution in [1.29, 1.82) is 0 Å². The lowest BCUT2D eigenvalue weighted by molar-refractivity contribution is -0.134. The molecule has 2 aromatic carbocycles. The van der Waals surface area contributed by atoms with Gasteiger partial charge in [0.05, 0.1) is 0 Å². The van der Waals surface area contributed by atoms with Crippen LogP contribution in [0.5, 0.6) is 0 Å². The molecule has 31 heavy (non-hydrogen) atoms. The van der Waals surface area contributed by atoms with E-state index < -0.39 is 17.5 Å². The van der Waals surface area contributed by atoms with Crippen LogP contribution in [0.2, 0.25) is 5.02 Å². The van der Waals surface area contributed by atoms with Gasteiger partial charge in [0, 0.05) is 11.6 Å². The van der Waals surface area contributed by atoms with E-state index in [4.69, 9.17) is 11.6 Å². The molecule has 0 aliphatic carbocycles. The number of nitrogens with one attached hydrogen (secondary N) is 2. The molecule has 1 atom stereocenters. The Labute approximate surface area is 188 Å². The van der Waals surface area contributed by atoms with Crippen molar-refractivity contribution in [3.05, 3.63) is 70.2 Å². The number of hydrogen-bond acceptors (Lipinski definition) is 3. The van der Waals surface area contributed by atoms with Crippen molar-refractivity contribution in [1.82, 2.24) is 15.5 Å². The average molecular weight is 442 g/mol. The first-order chi connectivity index (χ1) is 14.5. The molecule has 6 nitrogen and oxygen atoms in total. The van der Waals surface area contributed by atoms with Crippen LogP contribution in [-0.4, -0.2) is 35.8 Å². The second-order valence-corrected chi connectivity index (χ2v) is 9.44. The van der Waals surface area contributed by atoms with Crippen LogP contribution in [0.1, 0.15) is 44.4 Å². The van der Waals surface area contributed by atoms with Gasteiger partial charge in [-0.1, -0.05) is 68.8 Å². The summed E-state index contributed by atoms with van der Waals surface area (Å²) in [5.74, 6) is -0.821. The number of imide groups is 1. The summed E-state index contributed by atoms with van der Waals surface area (Å²) >= 11 is 5.87. The number of benzene rings is 2. The van der Waals surface area contributed by atoms with E-state index in [0.717, 1.165) is 16.0 Å². The van der Waals surface area contributed by atoms with Crippen molar-refractivity contribution in [2.75, 3.05) is 13.1 Å². The molecule has 2 aromatic rings. The first-order valence-corrected chi connectivity index (χ1v) is 10.6. The van der Waals surface area contributed by atoms with E-state index in [9.17, 15) is 14.4 Å². The second-order valence-electron chi connectivity index (χ2n) is 9.00. The number of carbonyl (C=O) groups excluding carboxylic acids is 3. The van der Waals surface area contributed by atoms with Gasteiger partial charge in [0.25, 0.3) is 5.91 Å². The Morgan fingerprint density at radius 1 is 1.06 bits per heavy atom. The molecule has 0 aromatic heterocycles. The maximum Gasteiger partial charge on any atom is 0.325 e. The zero-order valence-electron chi connectivity index (χ0n) is 18.3. The SMILES string of the molecule is CC(C)(C)c1ccc([C@@]2(C)NC(=O)N(CC(=O)NCCc3ccc(Cl)cc3)C2=O)cc1. The largest absolute Gasteiger partial charge is 0.354 e. The molecule has 1 aliphatic heterocycles. The number of urea groups is 1. The van der Waals surface area contributed by atoms with Crippen molar-refractivity contribution in [2.24, 2.45) is 0 Å². The lowest BCUT2D eigenvalue weighted by Gasteiger charge is -2.24. The van der Waals surface area contributed by atoms with E-state index >= 15 is 0 Å². The highest BCUT2D eigenvalue weighted by Gasteiger charge is 2.49. The molecule has 1 heterocycles. The van der Waals surface area contributed by atoms with E-state index in [2.05, 4.69) is 31.4 Å². The van der Waals surface area contributed by atoms with Gasteiger partial charge in [0.1, 0.15) is 12.1 Å². The summed E-state index contributed by atoms with van der Waals surface area (Å²) in [7, 11) is 0. The predicted octanol–water partition coefficient (Wildman–Crippen LogP) is 3.76.